The second-order valence-electron chi connectivity index (χ2n) is 6.46. The molecule has 2 heterocycles. The summed E-state index contributed by atoms with van der Waals surface area (Å²) in [5, 5.41) is 2.79. The van der Waals surface area contributed by atoms with Gasteiger partial charge in [0, 0.05) is 29.3 Å². The number of nitrogens with one attached hydrogen (secondary N) is 1. The molecule has 4 rings (SSSR count). The zero-order valence-electron chi connectivity index (χ0n) is 15.7. The van der Waals surface area contributed by atoms with Crippen molar-refractivity contribution in [2.45, 2.75) is 6.54 Å². The monoisotopic (exact) mass is 456 g/mol. The maximum Gasteiger partial charge on any atom is 0.271 e. The minimum Gasteiger partial charge on any atom is -0.383 e. The first kappa shape index (κ1) is 19.5. The molecule has 0 unspecified atom stereocenters. The average molecular weight is 457 g/mol. The first-order chi connectivity index (χ1) is 14.1. The number of carbonyl (C=O) groups excluding carboxylic acids is 1. The molecule has 0 saturated heterocycles. The molecule has 3 aromatic rings. The topological polar surface area (TPSA) is 68.5 Å². The van der Waals surface area contributed by atoms with Gasteiger partial charge in [0.25, 0.3) is 5.91 Å². The van der Waals surface area contributed by atoms with E-state index < -0.39 is 0 Å². The van der Waals surface area contributed by atoms with Gasteiger partial charge < -0.3 is 10.1 Å². The molecular formula is C21H18BrFN4O2. The van der Waals surface area contributed by atoms with E-state index in [1.54, 1.807) is 31.6 Å². The summed E-state index contributed by atoms with van der Waals surface area (Å²) in [6, 6.07) is 12.2. The second-order valence-corrected chi connectivity index (χ2v) is 7.38. The van der Waals surface area contributed by atoms with Crippen LogP contribution in [0.2, 0.25) is 0 Å². The smallest absolute Gasteiger partial charge is 0.271 e. The lowest BCUT2D eigenvalue weighted by Gasteiger charge is -2.12. The van der Waals surface area contributed by atoms with E-state index in [0.717, 1.165) is 15.7 Å². The van der Waals surface area contributed by atoms with Crippen LogP contribution in [0.3, 0.4) is 0 Å². The van der Waals surface area contributed by atoms with Gasteiger partial charge in [0.05, 0.1) is 30.2 Å². The highest BCUT2D eigenvalue weighted by molar-refractivity contribution is 9.10. The molecule has 148 valence electrons. The highest BCUT2D eigenvalue weighted by atomic mass is 79.9. The van der Waals surface area contributed by atoms with Crippen molar-refractivity contribution in [1.82, 2.24) is 14.9 Å². The summed E-state index contributed by atoms with van der Waals surface area (Å²) in [5.41, 5.74) is 3.44. The van der Waals surface area contributed by atoms with E-state index in [4.69, 9.17) is 4.74 Å². The van der Waals surface area contributed by atoms with Gasteiger partial charge in [-0.3, -0.25) is 14.4 Å². The molecule has 0 bridgehead atoms. The number of ether oxygens (including phenoxy) is 1. The fourth-order valence-corrected chi connectivity index (χ4v) is 3.66. The van der Waals surface area contributed by atoms with Crippen molar-refractivity contribution in [2.24, 2.45) is 4.99 Å². The van der Waals surface area contributed by atoms with Crippen LogP contribution in [-0.4, -0.2) is 41.4 Å². The van der Waals surface area contributed by atoms with Crippen molar-refractivity contribution < 1.29 is 13.9 Å². The van der Waals surface area contributed by atoms with Gasteiger partial charge >= 0.3 is 0 Å². The standard InChI is InChI=1S/C21H18BrFN4O2/c1-29-9-8-24-21(28)20-18-11-25-19(14-4-2-3-5-16(14)23)15-10-13(22)6-7-17(15)27(18)12-26-20/h2-7,10,12H,8-9,11H2,1H3,(H,24,28). The lowest BCUT2D eigenvalue weighted by atomic mass is 10.00. The maximum absolute atomic E-state index is 14.5. The summed E-state index contributed by atoms with van der Waals surface area (Å²) >= 11 is 3.49. The van der Waals surface area contributed by atoms with Crippen LogP contribution in [0.4, 0.5) is 4.39 Å². The van der Waals surface area contributed by atoms with Crippen LogP contribution >= 0.6 is 15.9 Å². The third kappa shape index (κ3) is 3.73. The summed E-state index contributed by atoms with van der Waals surface area (Å²) in [6.45, 7) is 0.992. The third-order valence-corrected chi connectivity index (χ3v) is 5.16. The normalized spacial score (nSPS) is 12.6. The van der Waals surface area contributed by atoms with Gasteiger partial charge in [0.15, 0.2) is 5.69 Å². The van der Waals surface area contributed by atoms with Crippen LogP contribution in [0, 0.1) is 5.82 Å². The number of amides is 1. The van der Waals surface area contributed by atoms with E-state index in [1.165, 1.54) is 6.07 Å². The van der Waals surface area contributed by atoms with Gasteiger partial charge in [-0.1, -0.05) is 28.1 Å². The van der Waals surface area contributed by atoms with E-state index >= 15 is 0 Å². The zero-order valence-corrected chi connectivity index (χ0v) is 17.2. The fourth-order valence-electron chi connectivity index (χ4n) is 3.30. The van der Waals surface area contributed by atoms with Crippen LogP contribution in [0.25, 0.3) is 5.69 Å². The molecule has 1 aliphatic rings. The van der Waals surface area contributed by atoms with Gasteiger partial charge in [0.1, 0.15) is 12.1 Å². The first-order valence-electron chi connectivity index (χ1n) is 9.03. The Morgan fingerprint density at radius 3 is 2.90 bits per heavy atom. The number of hydrogen-bond acceptors (Lipinski definition) is 4. The van der Waals surface area contributed by atoms with Gasteiger partial charge in [-0.15, -0.1) is 0 Å². The number of rotatable bonds is 5. The highest BCUT2D eigenvalue weighted by Gasteiger charge is 2.25. The average Bonchev–Trinajstić information content (AvgIpc) is 3.07. The number of methoxy groups -OCH3 is 1. The third-order valence-electron chi connectivity index (χ3n) is 4.66. The van der Waals surface area contributed by atoms with Crippen LogP contribution in [0.5, 0.6) is 0 Å². The number of imidazole rings is 1. The fraction of sp³-hybridized carbons (Fsp3) is 0.190. The zero-order chi connectivity index (χ0) is 20.4. The Hall–Kier alpha value is -2.84. The van der Waals surface area contributed by atoms with Crippen LogP contribution < -0.4 is 5.32 Å². The van der Waals surface area contributed by atoms with Gasteiger partial charge in [0.2, 0.25) is 0 Å². The molecule has 0 atom stereocenters. The van der Waals surface area contributed by atoms with Gasteiger partial charge in [-0.05, 0) is 30.3 Å². The Labute approximate surface area is 175 Å². The Kier molecular flexibility index (Phi) is 5.55. The van der Waals surface area contributed by atoms with Gasteiger partial charge in [-0.25, -0.2) is 9.37 Å². The number of aliphatic imine (C=N–C) groups is 1. The molecule has 1 amide bonds. The minimum atomic E-state index is -0.348. The van der Waals surface area contributed by atoms with Crippen LogP contribution in [0.15, 0.2) is 58.3 Å². The Balaban J connectivity index is 1.83. The predicted molar refractivity (Wildman–Crippen MR) is 111 cm³/mol. The molecule has 1 N–H and O–H groups in total. The number of carbonyl (C=O) groups is 1. The highest BCUT2D eigenvalue weighted by Crippen LogP contribution is 2.29. The summed E-state index contributed by atoms with van der Waals surface area (Å²) in [4.78, 5) is 21.6. The molecule has 1 aromatic heterocycles. The summed E-state index contributed by atoms with van der Waals surface area (Å²) in [7, 11) is 1.57. The second kappa shape index (κ2) is 8.26. The largest absolute Gasteiger partial charge is 0.383 e. The molecular weight excluding hydrogens is 439 g/mol. The van der Waals surface area contributed by atoms with E-state index in [9.17, 15) is 9.18 Å². The summed E-state index contributed by atoms with van der Waals surface area (Å²) in [6.07, 6.45) is 1.60. The number of aromatic nitrogens is 2. The number of hydrogen-bond donors (Lipinski definition) is 1. The molecule has 0 radical (unpaired) electrons. The molecule has 8 heteroatoms. The Morgan fingerprint density at radius 2 is 2.10 bits per heavy atom. The summed E-state index contributed by atoms with van der Waals surface area (Å²) in [5.74, 6) is -0.640. The van der Waals surface area contributed by atoms with Crippen LogP contribution in [0.1, 0.15) is 27.3 Å². The lowest BCUT2D eigenvalue weighted by Crippen LogP contribution is -2.28. The van der Waals surface area contributed by atoms with E-state index in [0.29, 0.717) is 35.8 Å². The SMILES string of the molecule is COCCNC(=O)c1ncn2c1CN=C(c1ccccc1F)c1cc(Br)ccc1-2. The van der Waals surface area contributed by atoms with Crippen molar-refractivity contribution >= 4 is 27.5 Å². The maximum atomic E-state index is 14.5. The van der Waals surface area contributed by atoms with Crippen molar-refractivity contribution in [3.8, 4) is 5.69 Å². The van der Waals surface area contributed by atoms with Crippen molar-refractivity contribution in [3.63, 3.8) is 0 Å². The van der Waals surface area contributed by atoms with Crippen molar-refractivity contribution in [3.05, 3.63) is 81.6 Å². The number of halogens is 2. The molecule has 0 saturated carbocycles. The predicted octanol–water partition coefficient (Wildman–Crippen LogP) is 3.50. The molecule has 0 spiro atoms. The Morgan fingerprint density at radius 1 is 1.28 bits per heavy atom. The molecule has 0 aliphatic carbocycles. The molecule has 0 fully saturated rings. The van der Waals surface area contributed by atoms with Crippen molar-refractivity contribution in [1.29, 1.82) is 0 Å². The number of nitrogens with zero attached hydrogens (tertiary/aromatic N) is 3. The quantitative estimate of drug-likeness (QED) is 0.597. The van der Waals surface area contributed by atoms with E-state index in [2.05, 4.69) is 31.2 Å². The summed E-state index contributed by atoms with van der Waals surface area (Å²) < 4.78 is 22.2. The van der Waals surface area contributed by atoms with Crippen LogP contribution in [-0.2, 0) is 11.3 Å². The first-order valence-corrected chi connectivity index (χ1v) is 9.82. The molecule has 1 aliphatic heterocycles. The Bertz CT molecular complexity index is 1110. The lowest BCUT2D eigenvalue weighted by molar-refractivity contribution is 0.0931. The molecule has 2 aromatic carbocycles. The van der Waals surface area contributed by atoms with Crippen molar-refractivity contribution in [2.75, 3.05) is 20.3 Å². The minimum absolute atomic E-state index is 0.197. The van der Waals surface area contributed by atoms with Gasteiger partial charge in [-0.2, -0.15) is 0 Å². The van der Waals surface area contributed by atoms with E-state index in [1.807, 2.05) is 22.8 Å². The molecule has 29 heavy (non-hydrogen) atoms. The number of benzene rings is 2. The van der Waals surface area contributed by atoms with E-state index in [-0.39, 0.29) is 18.3 Å². The molecule has 6 nitrogen and oxygen atoms in total. The number of fused-ring (bicyclic) bond motifs is 3.